The van der Waals surface area contributed by atoms with Gasteiger partial charge in [-0.1, -0.05) is 12.1 Å². The fraction of sp³-hybridized carbons (Fsp3) is 0.263. The Balaban J connectivity index is 1.23. The van der Waals surface area contributed by atoms with Crippen molar-refractivity contribution in [1.82, 2.24) is 5.32 Å². The molecule has 140 valence electrons. The van der Waals surface area contributed by atoms with E-state index in [9.17, 15) is 9.59 Å². The number of benzene rings is 2. The standard InChI is InChI=1S/C19H17NO7/c21-18(20-8-13-9-23-14-3-1-2-4-16(14)27-13)10-24-19(22)12-5-6-15-17(7-12)26-11-25-15/h1-7,13H,8-11H2,(H,20,21). The lowest BCUT2D eigenvalue weighted by molar-refractivity contribution is -0.124. The van der Waals surface area contributed by atoms with Crippen LogP contribution in [0, 0.1) is 0 Å². The predicted octanol–water partition coefficient (Wildman–Crippen LogP) is 1.53. The lowest BCUT2D eigenvalue weighted by Gasteiger charge is -2.26. The lowest BCUT2D eigenvalue weighted by Crippen LogP contribution is -2.42. The maximum atomic E-state index is 12.0. The molecule has 1 N–H and O–H groups in total. The number of carbonyl (C=O) groups excluding carboxylic acids is 2. The van der Waals surface area contributed by atoms with Crippen molar-refractivity contribution in [2.45, 2.75) is 6.10 Å². The van der Waals surface area contributed by atoms with Crippen LogP contribution in [0.3, 0.4) is 0 Å². The molecular weight excluding hydrogens is 354 g/mol. The number of esters is 1. The van der Waals surface area contributed by atoms with E-state index >= 15 is 0 Å². The molecule has 2 aliphatic rings. The monoisotopic (exact) mass is 371 g/mol. The topological polar surface area (TPSA) is 92.3 Å². The number of amides is 1. The minimum absolute atomic E-state index is 0.119. The van der Waals surface area contributed by atoms with Gasteiger partial charge in [0.25, 0.3) is 5.91 Å². The van der Waals surface area contributed by atoms with Gasteiger partial charge in [-0.3, -0.25) is 4.79 Å². The molecule has 27 heavy (non-hydrogen) atoms. The highest BCUT2D eigenvalue weighted by atomic mass is 16.7. The third-order valence-corrected chi connectivity index (χ3v) is 4.04. The van der Waals surface area contributed by atoms with E-state index in [0.29, 0.717) is 29.6 Å². The van der Waals surface area contributed by atoms with Crippen LogP contribution in [0.25, 0.3) is 0 Å². The second-order valence-electron chi connectivity index (χ2n) is 5.95. The van der Waals surface area contributed by atoms with Gasteiger partial charge < -0.3 is 29.0 Å². The predicted molar refractivity (Wildman–Crippen MR) is 92.2 cm³/mol. The average molecular weight is 371 g/mol. The Morgan fingerprint density at radius 1 is 1.00 bits per heavy atom. The molecular formula is C19H17NO7. The molecule has 2 heterocycles. The zero-order chi connectivity index (χ0) is 18.6. The summed E-state index contributed by atoms with van der Waals surface area (Å²) in [5, 5.41) is 2.67. The summed E-state index contributed by atoms with van der Waals surface area (Å²) in [6.45, 7) is 0.300. The van der Waals surface area contributed by atoms with Crippen LogP contribution >= 0.6 is 0 Å². The first-order chi connectivity index (χ1) is 13.2. The maximum Gasteiger partial charge on any atom is 0.338 e. The smallest absolute Gasteiger partial charge is 0.338 e. The van der Waals surface area contributed by atoms with Crippen molar-refractivity contribution in [1.29, 1.82) is 0 Å². The lowest BCUT2D eigenvalue weighted by atomic mass is 10.2. The number of hydrogen-bond donors (Lipinski definition) is 1. The van der Waals surface area contributed by atoms with Gasteiger partial charge in [0.1, 0.15) is 12.7 Å². The Bertz CT molecular complexity index is 867. The summed E-state index contributed by atoms with van der Waals surface area (Å²) in [6.07, 6.45) is -0.312. The van der Waals surface area contributed by atoms with Crippen molar-refractivity contribution >= 4 is 11.9 Å². The van der Waals surface area contributed by atoms with Crippen LogP contribution < -0.4 is 24.3 Å². The van der Waals surface area contributed by atoms with E-state index in [4.69, 9.17) is 23.7 Å². The number of hydrogen-bond acceptors (Lipinski definition) is 7. The van der Waals surface area contributed by atoms with E-state index in [2.05, 4.69) is 5.32 Å². The van der Waals surface area contributed by atoms with Crippen molar-refractivity contribution in [3.63, 3.8) is 0 Å². The summed E-state index contributed by atoms with van der Waals surface area (Å²) in [7, 11) is 0. The molecule has 0 saturated heterocycles. The molecule has 1 atom stereocenters. The molecule has 0 radical (unpaired) electrons. The van der Waals surface area contributed by atoms with E-state index in [1.807, 2.05) is 18.2 Å². The Kier molecular flexibility index (Phi) is 4.69. The van der Waals surface area contributed by atoms with Crippen LogP contribution in [0.15, 0.2) is 42.5 Å². The molecule has 1 amide bonds. The van der Waals surface area contributed by atoms with Gasteiger partial charge >= 0.3 is 5.97 Å². The molecule has 0 fully saturated rings. The van der Waals surface area contributed by atoms with E-state index < -0.39 is 18.5 Å². The molecule has 2 aliphatic heterocycles. The van der Waals surface area contributed by atoms with Crippen molar-refractivity contribution in [2.24, 2.45) is 0 Å². The zero-order valence-corrected chi connectivity index (χ0v) is 14.3. The van der Waals surface area contributed by atoms with E-state index in [0.717, 1.165) is 0 Å². The van der Waals surface area contributed by atoms with Crippen molar-refractivity contribution < 1.29 is 33.3 Å². The normalized spacial score (nSPS) is 16.5. The first kappa shape index (κ1) is 17.0. The highest BCUT2D eigenvalue weighted by molar-refractivity contribution is 5.92. The summed E-state index contributed by atoms with van der Waals surface area (Å²) in [5.41, 5.74) is 0.285. The number of rotatable bonds is 5. The molecule has 8 nitrogen and oxygen atoms in total. The molecule has 0 spiro atoms. The average Bonchev–Trinajstić information content (AvgIpc) is 3.18. The molecule has 4 rings (SSSR count). The second kappa shape index (κ2) is 7.45. The summed E-state index contributed by atoms with van der Waals surface area (Å²) in [6, 6.07) is 12.0. The van der Waals surface area contributed by atoms with E-state index in [-0.39, 0.29) is 25.0 Å². The first-order valence-corrected chi connectivity index (χ1v) is 8.41. The van der Waals surface area contributed by atoms with E-state index in [1.54, 1.807) is 18.2 Å². The largest absolute Gasteiger partial charge is 0.486 e. The van der Waals surface area contributed by atoms with Crippen molar-refractivity contribution in [2.75, 3.05) is 26.6 Å². The molecule has 2 aromatic rings. The number of ether oxygens (including phenoxy) is 5. The van der Waals surface area contributed by atoms with Gasteiger partial charge in [-0.25, -0.2) is 4.79 Å². The highest BCUT2D eigenvalue weighted by Gasteiger charge is 2.22. The van der Waals surface area contributed by atoms with Gasteiger partial charge in [-0.15, -0.1) is 0 Å². The van der Waals surface area contributed by atoms with Crippen LogP contribution in [0.5, 0.6) is 23.0 Å². The molecule has 2 aromatic carbocycles. The SMILES string of the molecule is O=C(COC(=O)c1ccc2c(c1)OCO2)NCC1COc2ccccc2O1. The molecule has 8 heteroatoms. The van der Waals surface area contributed by atoms with Gasteiger partial charge in [-0.05, 0) is 30.3 Å². The first-order valence-electron chi connectivity index (χ1n) is 8.41. The zero-order valence-electron chi connectivity index (χ0n) is 14.3. The summed E-state index contributed by atoms with van der Waals surface area (Å²) < 4.78 is 26.7. The maximum absolute atomic E-state index is 12.0. The Hall–Kier alpha value is -3.42. The highest BCUT2D eigenvalue weighted by Crippen LogP contribution is 2.32. The number of carbonyl (C=O) groups is 2. The minimum Gasteiger partial charge on any atom is -0.486 e. The van der Waals surface area contributed by atoms with Crippen LogP contribution in [-0.4, -0.2) is 44.5 Å². The van der Waals surface area contributed by atoms with Crippen molar-refractivity contribution in [3.05, 3.63) is 48.0 Å². The Morgan fingerprint density at radius 2 is 1.78 bits per heavy atom. The van der Waals surface area contributed by atoms with Gasteiger partial charge in [0.05, 0.1) is 12.1 Å². The molecule has 0 saturated carbocycles. The van der Waals surface area contributed by atoms with E-state index in [1.165, 1.54) is 6.07 Å². The van der Waals surface area contributed by atoms with Gasteiger partial charge in [0.15, 0.2) is 29.6 Å². The van der Waals surface area contributed by atoms with Gasteiger partial charge in [0, 0.05) is 0 Å². The number of fused-ring (bicyclic) bond motifs is 2. The summed E-state index contributed by atoms with van der Waals surface area (Å²) in [4.78, 5) is 24.0. The molecule has 0 bridgehead atoms. The molecule has 1 unspecified atom stereocenters. The quantitative estimate of drug-likeness (QED) is 0.797. The number of nitrogens with one attached hydrogen (secondary N) is 1. The van der Waals surface area contributed by atoms with Crippen molar-refractivity contribution in [3.8, 4) is 23.0 Å². The Labute approximate surface area is 154 Å². The Morgan fingerprint density at radius 3 is 2.67 bits per heavy atom. The van der Waals surface area contributed by atoms with Gasteiger partial charge in [-0.2, -0.15) is 0 Å². The van der Waals surface area contributed by atoms with Crippen LogP contribution in [-0.2, 0) is 9.53 Å². The molecule has 0 aliphatic carbocycles. The van der Waals surface area contributed by atoms with Crippen LogP contribution in [0.2, 0.25) is 0 Å². The van der Waals surface area contributed by atoms with Crippen LogP contribution in [0.1, 0.15) is 10.4 Å². The fourth-order valence-corrected chi connectivity index (χ4v) is 2.68. The summed E-state index contributed by atoms with van der Waals surface area (Å²) in [5.74, 6) is 1.32. The third-order valence-electron chi connectivity index (χ3n) is 4.04. The number of para-hydroxylation sites is 2. The van der Waals surface area contributed by atoms with Crippen LogP contribution in [0.4, 0.5) is 0 Å². The third kappa shape index (κ3) is 3.89. The fourth-order valence-electron chi connectivity index (χ4n) is 2.68. The summed E-state index contributed by atoms with van der Waals surface area (Å²) >= 11 is 0. The second-order valence-corrected chi connectivity index (χ2v) is 5.95. The molecule has 0 aromatic heterocycles. The van der Waals surface area contributed by atoms with Gasteiger partial charge in [0.2, 0.25) is 6.79 Å². The minimum atomic E-state index is -0.616.